The number of amides is 3. The predicted molar refractivity (Wildman–Crippen MR) is 106 cm³/mol. The van der Waals surface area contributed by atoms with Gasteiger partial charge in [-0.2, -0.15) is 5.10 Å². The van der Waals surface area contributed by atoms with Crippen LogP contribution in [0.5, 0.6) is 0 Å². The molecule has 1 saturated heterocycles. The minimum Gasteiger partial charge on any atom is -0.336 e. The predicted octanol–water partition coefficient (Wildman–Crippen LogP) is 3.32. The molecule has 1 unspecified atom stereocenters. The maximum absolute atomic E-state index is 12.2. The molecule has 7 nitrogen and oxygen atoms in total. The van der Waals surface area contributed by atoms with Gasteiger partial charge in [-0.25, -0.2) is 4.79 Å². The van der Waals surface area contributed by atoms with Gasteiger partial charge in [-0.1, -0.05) is 0 Å². The second kappa shape index (κ2) is 7.82. The second-order valence-electron chi connectivity index (χ2n) is 7.21. The fourth-order valence-corrected chi connectivity index (χ4v) is 3.53. The minimum atomic E-state index is -0.257. The Balaban J connectivity index is 1.57. The summed E-state index contributed by atoms with van der Waals surface area (Å²) in [4.78, 5) is 26.0. The third-order valence-electron chi connectivity index (χ3n) is 4.84. The minimum absolute atomic E-state index is 0.0646. The summed E-state index contributed by atoms with van der Waals surface area (Å²) < 4.78 is 1.92. The molecule has 0 saturated carbocycles. The van der Waals surface area contributed by atoms with Gasteiger partial charge in [0.25, 0.3) is 0 Å². The third kappa shape index (κ3) is 4.30. The van der Waals surface area contributed by atoms with Gasteiger partial charge in [-0.3, -0.25) is 9.48 Å². The Morgan fingerprint density at radius 3 is 2.63 bits per heavy atom. The molecular formula is C20H27N5O2. The lowest BCUT2D eigenvalue weighted by Gasteiger charge is -2.19. The largest absolute Gasteiger partial charge is 0.336 e. The summed E-state index contributed by atoms with van der Waals surface area (Å²) in [6.07, 6.45) is 1.50. The van der Waals surface area contributed by atoms with Gasteiger partial charge in [0.05, 0.1) is 11.7 Å². The van der Waals surface area contributed by atoms with E-state index >= 15 is 0 Å². The van der Waals surface area contributed by atoms with E-state index in [1.807, 2.05) is 61.5 Å². The molecule has 3 rings (SSSR count). The fraction of sp³-hybridized carbons (Fsp3) is 0.450. The van der Waals surface area contributed by atoms with Crippen LogP contribution in [-0.4, -0.2) is 34.8 Å². The Hall–Kier alpha value is -2.83. The summed E-state index contributed by atoms with van der Waals surface area (Å²) in [6.45, 7) is 9.18. The van der Waals surface area contributed by atoms with Gasteiger partial charge in [0.2, 0.25) is 5.91 Å². The maximum atomic E-state index is 12.2. The normalized spacial score (nSPS) is 15.1. The van der Waals surface area contributed by atoms with Gasteiger partial charge < -0.3 is 15.5 Å². The van der Waals surface area contributed by atoms with E-state index in [0.29, 0.717) is 18.7 Å². The Labute approximate surface area is 159 Å². The number of hydrogen-bond donors (Lipinski definition) is 2. The molecule has 7 heteroatoms. The van der Waals surface area contributed by atoms with Crippen molar-refractivity contribution in [3.8, 4) is 0 Å². The molecular weight excluding hydrogens is 342 g/mol. The number of carbonyl (C=O) groups is 2. The van der Waals surface area contributed by atoms with Gasteiger partial charge in [0.1, 0.15) is 0 Å². The molecule has 144 valence electrons. The van der Waals surface area contributed by atoms with Gasteiger partial charge in [-0.15, -0.1) is 0 Å². The number of nitrogens with one attached hydrogen (secondary N) is 2. The first-order valence-corrected chi connectivity index (χ1v) is 9.34. The van der Waals surface area contributed by atoms with Crippen LogP contribution < -0.4 is 15.5 Å². The lowest BCUT2D eigenvalue weighted by molar-refractivity contribution is -0.117. The van der Waals surface area contributed by atoms with Crippen molar-refractivity contribution in [2.24, 2.45) is 0 Å². The molecule has 1 aromatic carbocycles. The topological polar surface area (TPSA) is 79.3 Å². The summed E-state index contributed by atoms with van der Waals surface area (Å²) in [7, 11) is 0. The van der Waals surface area contributed by atoms with Crippen molar-refractivity contribution in [3.63, 3.8) is 0 Å². The SMILES string of the molecule is Cc1cc(C)n(C(C)CNC(=O)Nc2ccc(N3CCCC3=O)c(C)c2)n1. The Bertz CT molecular complexity index is 858. The monoisotopic (exact) mass is 369 g/mol. The number of aromatic nitrogens is 2. The third-order valence-corrected chi connectivity index (χ3v) is 4.84. The number of rotatable bonds is 5. The van der Waals surface area contributed by atoms with Gasteiger partial charge in [0, 0.05) is 36.6 Å². The highest BCUT2D eigenvalue weighted by molar-refractivity contribution is 5.96. The van der Waals surface area contributed by atoms with Crippen molar-refractivity contribution < 1.29 is 9.59 Å². The highest BCUT2D eigenvalue weighted by Crippen LogP contribution is 2.27. The fourth-order valence-electron chi connectivity index (χ4n) is 3.53. The van der Waals surface area contributed by atoms with E-state index in [4.69, 9.17) is 0 Å². The van der Waals surface area contributed by atoms with E-state index in [1.54, 1.807) is 0 Å². The first-order valence-electron chi connectivity index (χ1n) is 9.34. The second-order valence-corrected chi connectivity index (χ2v) is 7.21. The number of hydrogen-bond acceptors (Lipinski definition) is 3. The molecule has 1 atom stereocenters. The van der Waals surface area contributed by atoms with Gasteiger partial charge >= 0.3 is 6.03 Å². The molecule has 0 spiro atoms. The van der Waals surface area contributed by atoms with Crippen LogP contribution in [0.25, 0.3) is 0 Å². The molecule has 0 radical (unpaired) electrons. The summed E-state index contributed by atoms with van der Waals surface area (Å²) in [6, 6.07) is 7.45. The zero-order valence-corrected chi connectivity index (χ0v) is 16.4. The number of benzene rings is 1. The highest BCUT2D eigenvalue weighted by atomic mass is 16.2. The zero-order valence-electron chi connectivity index (χ0n) is 16.4. The molecule has 0 aliphatic carbocycles. The van der Waals surface area contributed by atoms with Crippen molar-refractivity contribution in [2.45, 2.75) is 46.6 Å². The Kier molecular flexibility index (Phi) is 5.48. The average molecular weight is 369 g/mol. The van der Waals surface area contributed by atoms with Crippen molar-refractivity contribution in [2.75, 3.05) is 23.3 Å². The zero-order chi connectivity index (χ0) is 19.6. The lowest BCUT2D eigenvalue weighted by atomic mass is 10.1. The van der Waals surface area contributed by atoms with Crippen molar-refractivity contribution >= 4 is 23.3 Å². The molecule has 2 heterocycles. The standard InChI is InChI=1S/C20H27N5O2/c1-13-10-17(7-8-18(13)24-9-5-6-19(24)26)22-20(27)21-12-16(4)25-15(3)11-14(2)23-25/h7-8,10-11,16H,5-6,9,12H2,1-4H3,(H2,21,22,27). The number of anilines is 2. The number of aryl methyl sites for hydroxylation is 3. The average Bonchev–Trinajstić information content (AvgIpc) is 3.18. The van der Waals surface area contributed by atoms with E-state index in [9.17, 15) is 9.59 Å². The lowest BCUT2D eigenvalue weighted by Crippen LogP contribution is -2.33. The van der Waals surface area contributed by atoms with E-state index in [2.05, 4.69) is 15.7 Å². The number of nitrogens with zero attached hydrogens (tertiary/aromatic N) is 3. The van der Waals surface area contributed by atoms with Gasteiger partial charge in [-0.05, 0) is 63.9 Å². The highest BCUT2D eigenvalue weighted by Gasteiger charge is 2.23. The first-order chi connectivity index (χ1) is 12.8. The van der Waals surface area contributed by atoms with Crippen LogP contribution in [0.3, 0.4) is 0 Å². The molecule has 1 fully saturated rings. The van der Waals surface area contributed by atoms with Crippen LogP contribution >= 0.6 is 0 Å². The van der Waals surface area contributed by atoms with Crippen molar-refractivity contribution in [1.82, 2.24) is 15.1 Å². The molecule has 3 amide bonds. The first kappa shape index (κ1) is 18.9. The molecule has 0 bridgehead atoms. The van der Waals surface area contributed by atoms with Crippen LogP contribution in [0, 0.1) is 20.8 Å². The van der Waals surface area contributed by atoms with Crippen molar-refractivity contribution in [1.29, 1.82) is 0 Å². The van der Waals surface area contributed by atoms with E-state index in [1.165, 1.54) is 0 Å². The molecule has 2 N–H and O–H groups in total. The molecule has 2 aromatic rings. The van der Waals surface area contributed by atoms with Crippen LogP contribution in [-0.2, 0) is 4.79 Å². The number of urea groups is 1. The van der Waals surface area contributed by atoms with E-state index in [0.717, 1.165) is 35.6 Å². The summed E-state index contributed by atoms with van der Waals surface area (Å²) >= 11 is 0. The summed E-state index contributed by atoms with van der Waals surface area (Å²) in [5.41, 5.74) is 4.64. The Morgan fingerprint density at radius 1 is 1.26 bits per heavy atom. The van der Waals surface area contributed by atoms with Crippen molar-refractivity contribution in [3.05, 3.63) is 41.2 Å². The summed E-state index contributed by atoms with van der Waals surface area (Å²) in [5.74, 6) is 0.162. The van der Waals surface area contributed by atoms with Crippen LogP contribution in [0.2, 0.25) is 0 Å². The Morgan fingerprint density at radius 2 is 2.04 bits per heavy atom. The van der Waals surface area contributed by atoms with Crippen LogP contribution in [0.4, 0.5) is 16.2 Å². The number of carbonyl (C=O) groups excluding carboxylic acids is 2. The molecule has 1 aliphatic heterocycles. The molecule has 1 aliphatic rings. The molecule has 27 heavy (non-hydrogen) atoms. The molecule has 1 aromatic heterocycles. The van der Waals surface area contributed by atoms with E-state index in [-0.39, 0.29) is 18.0 Å². The maximum Gasteiger partial charge on any atom is 0.319 e. The summed E-state index contributed by atoms with van der Waals surface area (Å²) in [5, 5.41) is 10.2. The smallest absolute Gasteiger partial charge is 0.319 e. The van der Waals surface area contributed by atoms with Crippen LogP contribution in [0.15, 0.2) is 24.3 Å². The van der Waals surface area contributed by atoms with E-state index < -0.39 is 0 Å². The quantitative estimate of drug-likeness (QED) is 0.848. The van der Waals surface area contributed by atoms with Gasteiger partial charge in [0.15, 0.2) is 0 Å². The van der Waals surface area contributed by atoms with Crippen LogP contribution in [0.1, 0.15) is 42.8 Å².